The molecule has 4 heteroatoms. The van der Waals surface area contributed by atoms with Gasteiger partial charge in [0.1, 0.15) is 0 Å². The number of benzene rings is 1. The molecule has 1 rings (SSSR count). The van der Waals surface area contributed by atoms with E-state index in [-0.39, 0.29) is 0 Å². The highest BCUT2D eigenvalue weighted by molar-refractivity contribution is 5.42. The van der Waals surface area contributed by atoms with Gasteiger partial charge in [-0.15, -0.1) is 0 Å². The number of unbranched alkanes of at least 4 members (excludes halogenated alkanes) is 1. The third-order valence-corrected chi connectivity index (χ3v) is 3.10. The van der Waals surface area contributed by atoms with E-state index in [0.717, 1.165) is 50.6 Å². The first-order chi connectivity index (χ1) is 9.81. The molecular weight excluding hydrogens is 254 g/mol. The van der Waals surface area contributed by atoms with Gasteiger partial charge in [0.2, 0.25) is 0 Å². The zero-order valence-corrected chi connectivity index (χ0v) is 12.9. The molecule has 114 valence electrons. The first-order valence-electron chi connectivity index (χ1n) is 7.31. The molecule has 0 radical (unpaired) electrons. The molecule has 0 unspecified atom stereocenters. The van der Waals surface area contributed by atoms with Crippen LogP contribution in [0.2, 0.25) is 0 Å². The van der Waals surface area contributed by atoms with Crippen LogP contribution in [0.25, 0.3) is 0 Å². The van der Waals surface area contributed by atoms with Crippen LogP contribution in [0.1, 0.15) is 25.3 Å². The van der Waals surface area contributed by atoms with Crippen LogP contribution in [-0.2, 0) is 11.2 Å². The summed E-state index contributed by atoms with van der Waals surface area (Å²) in [6, 6.07) is 6.04. The Morgan fingerprint density at radius 3 is 2.50 bits per heavy atom. The lowest BCUT2D eigenvalue weighted by Crippen LogP contribution is -2.22. The summed E-state index contributed by atoms with van der Waals surface area (Å²) in [5, 5.41) is 3.38. The smallest absolute Gasteiger partial charge is 0.160 e. The molecule has 1 N–H and O–H groups in total. The maximum atomic E-state index is 5.49. The van der Waals surface area contributed by atoms with Gasteiger partial charge in [-0.3, -0.25) is 0 Å². The Morgan fingerprint density at radius 1 is 1.00 bits per heavy atom. The number of methoxy groups -OCH3 is 2. The van der Waals surface area contributed by atoms with Crippen LogP contribution in [0.15, 0.2) is 18.2 Å². The Labute approximate surface area is 122 Å². The van der Waals surface area contributed by atoms with Crippen molar-refractivity contribution in [1.82, 2.24) is 5.32 Å². The molecule has 20 heavy (non-hydrogen) atoms. The average Bonchev–Trinajstić information content (AvgIpc) is 2.49. The molecule has 0 spiro atoms. The van der Waals surface area contributed by atoms with E-state index in [4.69, 9.17) is 14.2 Å². The second kappa shape index (κ2) is 10.5. The molecular formula is C16H27NO3. The van der Waals surface area contributed by atoms with Gasteiger partial charge in [0.15, 0.2) is 11.5 Å². The highest BCUT2D eigenvalue weighted by atomic mass is 16.5. The second-order valence-electron chi connectivity index (χ2n) is 4.66. The summed E-state index contributed by atoms with van der Waals surface area (Å²) in [5.74, 6) is 1.56. The molecule has 0 heterocycles. The quantitative estimate of drug-likeness (QED) is 0.633. The summed E-state index contributed by atoms with van der Waals surface area (Å²) in [4.78, 5) is 0. The summed E-state index contributed by atoms with van der Waals surface area (Å²) in [7, 11) is 3.31. The predicted octanol–water partition coefficient (Wildman–Crippen LogP) is 2.65. The number of hydrogen-bond donors (Lipinski definition) is 1. The molecule has 0 aliphatic rings. The molecule has 0 saturated heterocycles. The molecule has 0 aromatic heterocycles. The normalized spacial score (nSPS) is 10.6. The lowest BCUT2D eigenvalue weighted by Gasteiger charge is -2.10. The van der Waals surface area contributed by atoms with Gasteiger partial charge in [0.25, 0.3) is 0 Å². The topological polar surface area (TPSA) is 39.7 Å². The van der Waals surface area contributed by atoms with Gasteiger partial charge in [-0.2, -0.15) is 0 Å². The average molecular weight is 281 g/mol. The summed E-state index contributed by atoms with van der Waals surface area (Å²) in [6.45, 7) is 5.66. The maximum absolute atomic E-state index is 5.49. The van der Waals surface area contributed by atoms with Crippen LogP contribution in [0.4, 0.5) is 0 Å². The predicted molar refractivity (Wildman–Crippen MR) is 81.8 cm³/mol. The SMILES string of the molecule is CCCCOCCNCCc1ccc(OC)c(OC)c1. The lowest BCUT2D eigenvalue weighted by molar-refractivity contribution is 0.133. The van der Waals surface area contributed by atoms with Gasteiger partial charge >= 0.3 is 0 Å². The summed E-state index contributed by atoms with van der Waals surface area (Å²) < 4.78 is 16.0. The zero-order chi connectivity index (χ0) is 14.6. The van der Waals surface area contributed by atoms with E-state index in [1.54, 1.807) is 14.2 Å². The zero-order valence-electron chi connectivity index (χ0n) is 12.9. The fraction of sp³-hybridized carbons (Fsp3) is 0.625. The van der Waals surface area contributed by atoms with Crippen LogP contribution in [-0.4, -0.2) is 40.5 Å². The molecule has 0 saturated carbocycles. The molecule has 0 atom stereocenters. The van der Waals surface area contributed by atoms with Crippen LogP contribution < -0.4 is 14.8 Å². The standard InChI is InChI=1S/C16H27NO3/c1-4-5-11-20-12-10-17-9-8-14-6-7-15(18-2)16(13-14)19-3/h6-7,13,17H,4-5,8-12H2,1-3H3. The van der Waals surface area contributed by atoms with Crippen molar-refractivity contribution in [3.8, 4) is 11.5 Å². The highest BCUT2D eigenvalue weighted by Crippen LogP contribution is 2.27. The molecule has 0 amide bonds. The number of rotatable bonds is 11. The molecule has 0 aliphatic heterocycles. The summed E-state index contributed by atoms with van der Waals surface area (Å²) >= 11 is 0. The number of ether oxygens (including phenoxy) is 3. The molecule has 0 bridgehead atoms. The minimum Gasteiger partial charge on any atom is -0.493 e. The minimum atomic E-state index is 0.772. The van der Waals surface area contributed by atoms with Gasteiger partial charge in [-0.1, -0.05) is 19.4 Å². The van der Waals surface area contributed by atoms with E-state index in [0.29, 0.717) is 0 Å². The van der Waals surface area contributed by atoms with Crippen LogP contribution in [0.5, 0.6) is 11.5 Å². The van der Waals surface area contributed by atoms with Crippen molar-refractivity contribution in [2.24, 2.45) is 0 Å². The monoisotopic (exact) mass is 281 g/mol. The Balaban J connectivity index is 2.18. The van der Waals surface area contributed by atoms with Gasteiger partial charge < -0.3 is 19.5 Å². The van der Waals surface area contributed by atoms with Crippen LogP contribution >= 0.6 is 0 Å². The summed E-state index contributed by atoms with van der Waals surface area (Å²) in [6.07, 6.45) is 3.30. The third kappa shape index (κ3) is 6.26. The molecule has 0 aliphatic carbocycles. The second-order valence-corrected chi connectivity index (χ2v) is 4.66. The van der Waals surface area contributed by atoms with Gasteiger partial charge in [-0.25, -0.2) is 0 Å². The van der Waals surface area contributed by atoms with E-state index in [1.165, 1.54) is 12.0 Å². The Morgan fingerprint density at radius 2 is 1.80 bits per heavy atom. The van der Waals surface area contributed by atoms with E-state index in [1.807, 2.05) is 12.1 Å². The van der Waals surface area contributed by atoms with Gasteiger partial charge in [-0.05, 0) is 37.1 Å². The number of hydrogen-bond acceptors (Lipinski definition) is 4. The first-order valence-corrected chi connectivity index (χ1v) is 7.31. The van der Waals surface area contributed by atoms with Crippen molar-refractivity contribution in [2.45, 2.75) is 26.2 Å². The van der Waals surface area contributed by atoms with Gasteiger partial charge in [0, 0.05) is 13.2 Å². The fourth-order valence-electron chi connectivity index (χ4n) is 1.89. The minimum absolute atomic E-state index is 0.772. The van der Waals surface area contributed by atoms with E-state index >= 15 is 0 Å². The molecule has 1 aromatic rings. The van der Waals surface area contributed by atoms with Crippen molar-refractivity contribution in [3.63, 3.8) is 0 Å². The molecule has 4 nitrogen and oxygen atoms in total. The lowest BCUT2D eigenvalue weighted by atomic mass is 10.1. The first kappa shape index (κ1) is 16.8. The van der Waals surface area contributed by atoms with Crippen LogP contribution in [0.3, 0.4) is 0 Å². The Kier molecular flexibility index (Phi) is 8.83. The van der Waals surface area contributed by atoms with Crippen molar-refractivity contribution < 1.29 is 14.2 Å². The van der Waals surface area contributed by atoms with E-state index < -0.39 is 0 Å². The fourth-order valence-corrected chi connectivity index (χ4v) is 1.89. The maximum Gasteiger partial charge on any atom is 0.160 e. The third-order valence-electron chi connectivity index (χ3n) is 3.10. The molecule has 0 fully saturated rings. The Bertz CT molecular complexity index is 369. The van der Waals surface area contributed by atoms with Crippen molar-refractivity contribution >= 4 is 0 Å². The Hall–Kier alpha value is -1.26. The largest absolute Gasteiger partial charge is 0.493 e. The number of nitrogens with one attached hydrogen (secondary N) is 1. The van der Waals surface area contributed by atoms with E-state index in [2.05, 4.69) is 18.3 Å². The van der Waals surface area contributed by atoms with Gasteiger partial charge in [0.05, 0.1) is 20.8 Å². The molecule has 1 aromatic carbocycles. The highest BCUT2D eigenvalue weighted by Gasteiger charge is 2.04. The summed E-state index contributed by atoms with van der Waals surface area (Å²) in [5.41, 5.74) is 1.24. The van der Waals surface area contributed by atoms with Crippen molar-refractivity contribution in [1.29, 1.82) is 0 Å². The van der Waals surface area contributed by atoms with E-state index in [9.17, 15) is 0 Å². The van der Waals surface area contributed by atoms with Crippen molar-refractivity contribution in [3.05, 3.63) is 23.8 Å². The van der Waals surface area contributed by atoms with Crippen molar-refractivity contribution in [2.75, 3.05) is 40.5 Å². The van der Waals surface area contributed by atoms with Crippen LogP contribution in [0, 0.1) is 0 Å².